The zero-order chi connectivity index (χ0) is 25.4. The molecule has 0 aromatic heterocycles. The average Bonchev–Trinajstić information content (AvgIpc) is 2.77. The van der Waals surface area contributed by atoms with Crippen LogP contribution in [-0.4, -0.2) is 75.7 Å². The molecule has 5 N–H and O–H groups in total. The van der Waals surface area contributed by atoms with Crippen molar-refractivity contribution in [1.82, 2.24) is 5.32 Å². The Balaban J connectivity index is 2.35. The number of benzene rings is 1. The molecule has 0 saturated carbocycles. The summed E-state index contributed by atoms with van der Waals surface area (Å²) in [5.41, 5.74) is 0.0745. The lowest BCUT2D eigenvalue weighted by atomic mass is 9.99. The highest BCUT2D eigenvalue weighted by molar-refractivity contribution is 5.97. The number of fused-ring (bicyclic) bond motifs is 1. The molecule has 2 rings (SSSR count). The number of aliphatic hydroxyl groups excluding tert-OH is 3. The maximum Gasteiger partial charge on any atom is 0.342 e. The van der Waals surface area contributed by atoms with Crippen molar-refractivity contribution in [2.75, 3.05) is 13.2 Å². The van der Waals surface area contributed by atoms with Gasteiger partial charge in [0.15, 0.2) is 5.78 Å². The smallest absolute Gasteiger partial charge is 0.342 e. The van der Waals surface area contributed by atoms with E-state index in [1.807, 2.05) is 0 Å². The second-order valence-corrected chi connectivity index (χ2v) is 8.19. The molecule has 0 radical (unpaired) electrons. The largest absolute Gasteiger partial charge is 0.507 e. The summed E-state index contributed by atoms with van der Waals surface area (Å²) in [5, 5.41) is 43.1. The number of phenolic OH excluding ortho intramolecular Hbond substituents is 1. The standard InChI is InChI=1S/C24H31NO9/c1-13-7-8-20(29)23(31)19(28)6-4-5-16-9-18(33-12-17(27)11-25-15(3)26)10-21(30)22(16)24(32)34-14(13)2/h4-5,7-10,13-14,17,19,23,27-28,30-31H,6,11-12H2,1-3H3,(H,25,26)/b5-4+,8-7-/t13-,14+,17?,19+,23+/m1/s1. The number of esters is 1. The topological polar surface area (TPSA) is 163 Å². The number of hydrogen-bond donors (Lipinski definition) is 5. The van der Waals surface area contributed by atoms with Crippen molar-refractivity contribution in [2.24, 2.45) is 5.92 Å². The van der Waals surface area contributed by atoms with Crippen molar-refractivity contribution >= 4 is 23.7 Å². The third kappa shape index (κ3) is 7.68. The van der Waals surface area contributed by atoms with Gasteiger partial charge in [-0.25, -0.2) is 4.79 Å². The minimum Gasteiger partial charge on any atom is -0.507 e. The summed E-state index contributed by atoms with van der Waals surface area (Å²) in [6.45, 7) is 4.42. The Kier molecular flexibility index (Phi) is 9.79. The van der Waals surface area contributed by atoms with E-state index in [4.69, 9.17) is 9.47 Å². The van der Waals surface area contributed by atoms with Gasteiger partial charge in [-0.2, -0.15) is 0 Å². The number of carbonyl (C=O) groups excluding carboxylic acids is 3. The Labute approximate surface area is 197 Å². The van der Waals surface area contributed by atoms with Crippen molar-refractivity contribution in [1.29, 1.82) is 0 Å². The van der Waals surface area contributed by atoms with Crippen molar-refractivity contribution in [2.45, 2.75) is 51.6 Å². The fraction of sp³-hybridized carbons (Fsp3) is 0.458. The number of aliphatic hydroxyl groups is 3. The van der Waals surface area contributed by atoms with E-state index in [1.165, 1.54) is 37.3 Å². The molecule has 0 aliphatic carbocycles. The molecule has 5 atom stereocenters. The molecule has 1 unspecified atom stereocenters. The van der Waals surface area contributed by atoms with E-state index in [0.29, 0.717) is 0 Å². The first-order valence-electron chi connectivity index (χ1n) is 10.9. The third-order valence-corrected chi connectivity index (χ3v) is 5.28. The number of hydrogen-bond acceptors (Lipinski definition) is 9. The number of cyclic esters (lactones) is 1. The van der Waals surface area contributed by atoms with Gasteiger partial charge in [-0.1, -0.05) is 25.2 Å². The summed E-state index contributed by atoms with van der Waals surface area (Å²) in [4.78, 5) is 35.9. The number of ether oxygens (including phenoxy) is 2. The number of nitrogens with one attached hydrogen (secondary N) is 1. The molecule has 0 bridgehead atoms. The molecular weight excluding hydrogens is 446 g/mol. The lowest BCUT2D eigenvalue weighted by Gasteiger charge is -2.20. The maximum absolute atomic E-state index is 12.8. The summed E-state index contributed by atoms with van der Waals surface area (Å²) in [6, 6.07) is 2.64. The van der Waals surface area contributed by atoms with Gasteiger partial charge in [0.05, 0.1) is 6.10 Å². The molecule has 34 heavy (non-hydrogen) atoms. The van der Waals surface area contributed by atoms with E-state index in [9.17, 15) is 34.8 Å². The second-order valence-electron chi connectivity index (χ2n) is 8.19. The van der Waals surface area contributed by atoms with Crippen LogP contribution in [-0.2, 0) is 14.3 Å². The number of phenols is 1. The van der Waals surface area contributed by atoms with Crippen LogP contribution >= 0.6 is 0 Å². The molecule has 0 fully saturated rings. The van der Waals surface area contributed by atoms with Gasteiger partial charge in [-0.3, -0.25) is 9.59 Å². The summed E-state index contributed by atoms with van der Waals surface area (Å²) in [6.07, 6.45) is 0.690. The Morgan fingerprint density at radius 1 is 1.24 bits per heavy atom. The van der Waals surface area contributed by atoms with Crippen molar-refractivity contribution in [3.8, 4) is 11.5 Å². The van der Waals surface area contributed by atoms with Crippen molar-refractivity contribution in [3.63, 3.8) is 0 Å². The average molecular weight is 478 g/mol. The molecule has 10 heteroatoms. The van der Waals surface area contributed by atoms with Crippen molar-refractivity contribution in [3.05, 3.63) is 41.5 Å². The van der Waals surface area contributed by atoms with Crippen LogP contribution in [0.15, 0.2) is 30.4 Å². The highest BCUT2D eigenvalue weighted by Crippen LogP contribution is 2.31. The van der Waals surface area contributed by atoms with Gasteiger partial charge in [0.25, 0.3) is 0 Å². The van der Waals surface area contributed by atoms with Crippen LogP contribution in [0.5, 0.6) is 11.5 Å². The summed E-state index contributed by atoms with van der Waals surface area (Å²) in [5.74, 6) is -2.46. The van der Waals surface area contributed by atoms with Gasteiger partial charge in [0.1, 0.15) is 42.0 Å². The lowest BCUT2D eigenvalue weighted by Crippen LogP contribution is -2.33. The molecule has 0 saturated heterocycles. The minimum atomic E-state index is -1.62. The van der Waals surface area contributed by atoms with E-state index in [-0.39, 0.29) is 42.4 Å². The van der Waals surface area contributed by atoms with Crippen LogP contribution in [0.2, 0.25) is 0 Å². The van der Waals surface area contributed by atoms with Gasteiger partial charge in [0, 0.05) is 25.5 Å². The number of aromatic hydroxyl groups is 1. The molecular formula is C24H31NO9. The SMILES string of the molecule is CC(=O)NCC(O)COc1cc(O)c2c(c1)/C=C/C[C@H](O)[C@H](O)C(=O)/C=C\[C@@H](C)[C@H](C)OC2=O. The van der Waals surface area contributed by atoms with Crippen molar-refractivity contribution < 1.29 is 44.3 Å². The lowest BCUT2D eigenvalue weighted by molar-refractivity contribution is -0.127. The van der Waals surface area contributed by atoms with Crippen LogP contribution < -0.4 is 10.1 Å². The number of carbonyl (C=O) groups is 3. The van der Waals surface area contributed by atoms with Gasteiger partial charge < -0.3 is 35.2 Å². The van der Waals surface area contributed by atoms with Crippen LogP contribution in [0, 0.1) is 5.92 Å². The normalized spacial score (nSPS) is 26.4. The molecule has 0 spiro atoms. The van der Waals surface area contributed by atoms with Gasteiger partial charge in [-0.15, -0.1) is 0 Å². The maximum atomic E-state index is 12.8. The molecule has 10 nitrogen and oxygen atoms in total. The fourth-order valence-electron chi connectivity index (χ4n) is 3.06. The first-order chi connectivity index (χ1) is 16.0. The summed E-state index contributed by atoms with van der Waals surface area (Å²) < 4.78 is 11.0. The molecule has 1 aromatic carbocycles. The van der Waals surface area contributed by atoms with Crippen LogP contribution in [0.1, 0.15) is 43.1 Å². The van der Waals surface area contributed by atoms with E-state index < -0.39 is 47.8 Å². The zero-order valence-electron chi connectivity index (χ0n) is 19.3. The van der Waals surface area contributed by atoms with E-state index in [2.05, 4.69) is 5.32 Å². The zero-order valence-corrected chi connectivity index (χ0v) is 19.3. The Hall–Kier alpha value is -3.21. The molecule has 1 amide bonds. The molecule has 1 aliphatic heterocycles. The van der Waals surface area contributed by atoms with E-state index >= 15 is 0 Å². The second kappa shape index (κ2) is 12.3. The Morgan fingerprint density at radius 3 is 2.62 bits per heavy atom. The predicted molar refractivity (Wildman–Crippen MR) is 122 cm³/mol. The first kappa shape index (κ1) is 27.0. The highest BCUT2D eigenvalue weighted by atomic mass is 16.5. The van der Waals surface area contributed by atoms with E-state index in [1.54, 1.807) is 13.8 Å². The van der Waals surface area contributed by atoms with Gasteiger partial charge in [-0.05, 0) is 31.1 Å². The monoisotopic (exact) mass is 477 g/mol. The molecule has 1 heterocycles. The quantitative estimate of drug-likeness (QED) is 0.384. The van der Waals surface area contributed by atoms with Crippen LogP contribution in [0.4, 0.5) is 0 Å². The molecule has 186 valence electrons. The first-order valence-corrected chi connectivity index (χ1v) is 10.9. The Morgan fingerprint density at radius 2 is 1.94 bits per heavy atom. The summed E-state index contributed by atoms with van der Waals surface area (Å²) in [7, 11) is 0. The fourth-order valence-corrected chi connectivity index (χ4v) is 3.06. The van der Waals surface area contributed by atoms with E-state index in [0.717, 1.165) is 6.08 Å². The predicted octanol–water partition coefficient (Wildman–Crippen LogP) is 0.713. The highest BCUT2D eigenvalue weighted by Gasteiger charge is 2.25. The van der Waals surface area contributed by atoms with Gasteiger partial charge >= 0.3 is 5.97 Å². The molecule has 1 aromatic rings. The minimum absolute atomic E-state index is 0.0259. The number of rotatable bonds is 5. The third-order valence-electron chi connectivity index (χ3n) is 5.28. The Bertz CT molecular complexity index is 956. The molecule has 1 aliphatic rings. The van der Waals surface area contributed by atoms with Gasteiger partial charge in [0.2, 0.25) is 5.91 Å². The van der Waals surface area contributed by atoms with Crippen LogP contribution in [0.3, 0.4) is 0 Å². The summed E-state index contributed by atoms with van der Waals surface area (Å²) >= 11 is 0. The number of amides is 1. The number of ketones is 1. The van der Waals surface area contributed by atoms with Crippen LogP contribution in [0.25, 0.3) is 6.08 Å².